The topological polar surface area (TPSA) is 56.8 Å². The fraction of sp³-hybridized carbons (Fsp3) is 0.462. The minimum Gasteiger partial charge on any atom is -0.497 e. The van der Waals surface area contributed by atoms with Gasteiger partial charge >= 0.3 is 0 Å². The lowest BCUT2D eigenvalue weighted by Gasteiger charge is -2.11. The van der Waals surface area contributed by atoms with Crippen LogP contribution >= 0.6 is 0 Å². The van der Waals surface area contributed by atoms with Crippen molar-refractivity contribution < 1.29 is 19.1 Å². The molecule has 1 rings (SSSR count). The number of methoxy groups -OCH3 is 2. The Morgan fingerprint density at radius 1 is 1.28 bits per heavy atom. The highest BCUT2D eigenvalue weighted by atomic mass is 16.7. The van der Waals surface area contributed by atoms with E-state index in [1.165, 1.54) is 7.11 Å². The van der Waals surface area contributed by atoms with E-state index in [9.17, 15) is 4.79 Å². The summed E-state index contributed by atoms with van der Waals surface area (Å²) in [5, 5.41) is 0. The van der Waals surface area contributed by atoms with Gasteiger partial charge in [-0.3, -0.25) is 9.63 Å². The Hall–Kier alpha value is -1.75. The molecule has 5 heteroatoms. The third-order valence-corrected chi connectivity index (χ3v) is 2.23. The van der Waals surface area contributed by atoms with Crippen molar-refractivity contribution in [3.63, 3.8) is 0 Å². The summed E-state index contributed by atoms with van der Waals surface area (Å²) in [5.74, 6) is 1.09. The Kier molecular flexibility index (Phi) is 5.45. The summed E-state index contributed by atoms with van der Waals surface area (Å²) in [4.78, 5) is 16.9. The maximum absolute atomic E-state index is 11.8. The monoisotopic (exact) mass is 253 g/mol. The van der Waals surface area contributed by atoms with Crippen LogP contribution in [0, 0.1) is 5.92 Å². The van der Waals surface area contributed by atoms with E-state index in [1.54, 1.807) is 25.3 Å². The molecule has 0 fully saturated rings. The number of hydroxylamine groups is 1. The average Bonchev–Trinajstić information content (AvgIpc) is 2.37. The van der Waals surface area contributed by atoms with E-state index in [0.29, 0.717) is 29.6 Å². The molecule has 0 atom stereocenters. The predicted octanol–water partition coefficient (Wildman–Crippen LogP) is 2.02. The van der Waals surface area contributed by atoms with Crippen molar-refractivity contribution in [1.29, 1.82) is 0 Å². The second kappa shape index (κ2) is 6.86. The smallest absolute Gasteiger partial charge is 0.278 e. The van der Waals surface area contributed by atoms with Gasteiger partial charge in [0.05, 0.1) is 26.4 Å². The number of carbonyl (C=O) groups excluding carboxylic acids is 1. The van der Waals surface area contributed by atoms with Gasteiger partial charge < -0.3 is 9.47 Å². The van der Waals surface area contributed by atoms with Gasteiger partial charge in [0.2, 0.25) is 0 Å². The molecule has 1 amide bonds. The van der Waals surface area contributed by atoms with Crippen LogP contribution in [0.2, 0.25) is 0 Å². The summed E-state index contributed by atoms with van der Waals surface area (Å²) in [6.45, 7) is 4.46. The van der Waals surface area contributed by atoms with Crippen LogP contribution in [0.3, 0.4) is 0 Å². The summed E-state index contributed by atoms with van der Waals surface area (Å²) in [6.07, 6.45) is 0. The molecule has 0 saturated carbocycles. The number of rotatable bonds is 6. The van der Waals surface area contributed by atoms with Crippen molar-refractivity contribution in [2.45, 2.75) is 13.8 Å². The fourth-order valence-corrected chi connectivity index (χ4v) is 1.31. The van der Waals surface area contributed by atoms with E-state index in [4.69, 9.17) is 14.3 Å². The van der Waals surface area contributed by atoms with Crippen LogP contribution in [0.15, 0.2) is 18.2 Å². The zero-order valence-corrected chi connectivity index (χ0v) is 11.1. The summed E-state index contributed by atoms with van der Waals surface area (Å²) in [7, 11) is 3.06. The van der Waals surface area contributed by atoms with Gasteiger partial charge in [0, 0.05) is 6.07 Å². The minimum absolute atomic E-state index is 0.338. The maximum Gasteiger partial charge on any atom is 0.278 e. The first-order valence-electron chi connectivity index (χ1n) is 5.72. The molecule has 100 valence electrons. The lowest BCUT2D eigenvalue weighted by atomic mass is 10.2. The number of nitrogens with one attached hydrogen (secondary N) is 1. The molecule has 5 nitrogen and oxygen atoms in total. The van der Waals surface area contributed by atoms with Crippen molar-refractivity contribution in [2.75, 3.05) is 20.8 Å². The molecule has 0 aromatic heterocycles. The zero-order chi connectivity index (χ0) is 13.5. The molecule has 0 aliphatic rings. The van der Waals surface area contributed by atoms with Crippen LogP contribution in [0.1, 0.15) is 24.2 Å². The molecule has 0 saturated heterocycles. The quantitative estimate of drug-likeness (QED) is 0.788. The lowest BCUT2D eigenvalue weighted by molar-refractivity contribution is 0.0206. The second-order valence-electron chi connectivity index (χ2n) is 4.20. The normalized spacial score (nSPS) is 10.3. The predicted molar refractivity (Wildman–Crippen MR) is 67.8 cm³/mol. The van der Waals surface area contributed by atoms with Gasteiger partial charge in [0.25, 0.3) is 5.91 Å². The highest BCUT2D eigenvalue weighted by Gasteiger charge is 2.13. The SMILES string of the molecule is COc1ccc(C(=O)NOCC(C)C)c(OC)c1. The molecule has 0 radical (unpaired) electrons. The van der Waals surface area contributed by atoms with E-state index in [1.807, 2.05) is 13.8 Å². The highest BCUT2D eigenvalue weighted by Crippen LogP contribution is 2.24. The van der Waals surface area contributed by atoms with Crippen LogP contribution in [-0.2, 0) is 4.84 Å². The Labute approximate surface area is 107 Å². The molecule has 0 bridgehead atoms. The number of benzene rings is 1. The van der Waals surface area contributed by atoms with Crippen LogP contribution in [0.4, 0.5) is 0 Å². The lowest BCUT2D eigenvalue weighted by Crippen LogP contribution is -2.26. The Bertz CT molecular complexity index is 404. The van der Waals surface area contributed by atoms with Crippen LogP contribution in [-0.4, -0.2) is 26.7 Å². The fourth-order valence-electron chi connectivity index (χ4n) is 1.31. The number of ether oxygens (including phenoxy) is 2. The molecule has 1 aromatic rings. The van der Waals surface area contributed by atoms with Crippen molar-refractivity contribution in [3.8, 4) is 11.5 Å². The molecule has 0 aliphatic carbocycles. The van der Waals surface area contributed by atoms with Gasteiger partial charge in [0.15, 0.2) is 0 Å². The molecule has 18 heavy (non-hydrogen) atoms. The Morgan fingerprint density at radius 2 is 2.00 bits per heavy atom. The first-order chi connectivity index (χ1) is 8.58. The highest BCUT2D eigenvalue weighted by molar-refractivity contribution is 5.96. The van der Waals surface area contributed by atoms with E-state index in [-0.39, 0.29) is 5.91 Å². The molecule has 0 spiro atoms. The van der Waals surface area contributed by atoms with Crippen molar-refractivity contribution in [3.05, 3.63) is 23.8 Å². The van der Waals surface area contributed by atoms with E-state index in [0.717, 1.165) is 0 Å². The number of hydrogen-bond donors (Lipinski definition) is 1. The molecular formula is C13H19NO4. The van der Waals surface area contributed by atoms with Gasteiger partial charge in [-0.2, -0.15) is 0 Å². The van der Waals surface area contributed by atoms with Gasteiger partial charge in [0.1, 0.15) is 11.5 Å². The van der Waals surface area contributed by atoms with Gasteiger partial charge in [-0.1, -0.05) is 13.8 Å². The van der Waals surface area contributed by atoms with Crippen molar-refractivity contribution in [2.24, 2.45) is 5.92 Å². The second-order valence-corrected chi connectivity index (χ2v) is 4.20. The largest absolute Gasteiger partial charge is 0.497 e. The van der Waals surface area contributed by atoms with Crippen LogP contribution in [0.25, 0.3) is 0 Å². The van der Waals surface area contributed by atoms with Crippen LogP contribution < -0.4 is 15.0 Å². The van der Waals surface area contributed by atoms with Gasteiger partial charge in [-0.05, 0) is 18.1 Å². The summed E-state index contributed by atoms with van der Waals surface area (Å²) in [5.41, 5.74) is 2.79. The van der Waals surface area contributed by atoms with E-state index >= 15 is 0 Å². The summed E-state index contributed by atoms with van der Waals surface area (Å²) < 4.78 is 10.2. The average molecular weight is 253 g/mol. The summed E-state index contributed by atoms with van der Waals surface area (Å²) in [6, 6.07) is 4.98. The van der Waals surface area contributed by atoms with Gasteiger partial charge in [-0.15, -0.1) is 0 Å². The minimum atomic E-state index is -0.338. The molecule has 0 unspecified atom stereocenters. The van der Waals surface area contributed by atoms with Crippen LogP contribution in [0.5, 0.6) is 11.5 Å². The third-order valence-electron chi connectivity index (χ3n) is 2.23. The first kappa shape index (κ1) is 14.3. The van der Waals surface area contributed by atoms with E-state index in [2.05, 4.69) is 5.48 Å². The van der Waals surface area contributed by atoms with Crippen molar-refractivity contribution >= 4 is 5.91 Å². The summed E-state index contributed by atoms with van der Waals surface area (Å²) >= 11 is 0. The standard InChI is InChI=1S/C13H19NO4/c1-9(2)8-18-14-13(15)11-6-5-10(16-3)7-12(11)17-4/h5-7,9H,8H2,1-4H3,(H,14,15). The van der Waals surface area contributed by atoms with Gasteiger partial charge in [-0.25, -0.2) is 5.48 Å². The number of carbonyl (C=O) groups is 1. The number of amides is 1. The van der Waals surface area contributed by atoms with E-state index < -0.39 is 0 Å². The molecule has 0 heterocycles. The maximum atomic E-state index is 11.8. The zero-order valence-electron chi connectivity index (χ0n) is 11.1. The molecule has 1 aromatic carbocycles. The Morgan fingerprint density at radius 3 is 2.56 bits per heavy atom. The number of hydrogen-bond acceptors (Lipinski definition) is 4. The van der Waals surface area contributed by atoms with Crippen molar-refractivity contribution in [1.82, 2.24) is 5.48 Å². The third kappa shape index (κ3) is 3.92. The molecule has 1 N–H and O–H groups in total. The molecular weight excluding hydrogens is 234 g/mol. The first-order valence-corrected chi connectivity index (χ1v) is 5.72. The Balaban J connectivity index is 2.72. The molecule has 0 aliphatic heterocycles.